The maximum Gasteiger partial charge on any atom is 0.118 e. The normalized spacial score (nSPS) is 28.4. The highest BCUT2D eigenvalue weighted by Crippen LogP contribution is 2.43. The van der Waals surface area contributed by atoms with Crippen LogP contribution in [-0.2, 0) is 0 Å². The van der Waals surface area contributed by atoms with Gasteiger partial charge in [-0.3, -0.25) is 0 Å². The lowest BCUT2D eigenvalue weighted by Gasteiger charge is -2.47. The topological polar surface area (TPSA) is 32.7 Å². The van der Waals surface area contributed by atoms with Crippen LogP contribution in [0.4, 0.5) is 0 Å². The molecule has 1 fully saturated rings. The second-order valence-corrected chi connectivity index (χ2v) is 6.36. The fourth-order valence-corrected chi connectivity index (χ4v) is 3.32. The van der Waals surface area contributed by atoms with Gasteiger partial charge >= 0.3 is 0 Å². The van der Waals surface area contributed by atoms with Gasteiger partial charge in [0, 0.05) is 0 Å². The highest BCUT2D eigenvalue weighted by Gasteiger charge is 2.42. The highest BCUT2D eigenvalue weighted by molar-refractivity contribution is 5.30. The molecule has 0 spiro atoms. The molecule has 3 nitrogen and oxygen atoms in total. The van der Waals surface area contributed by atoms with Crippen LogP contribution >= 0.6 is 0 Å². The summed E-state index contributed by atoms with van der Waals surface area (Å²) in [6.07, 6.45) is 4.02. The molecule has 0 aromatic heterocycles. The zero-order valence-electron chi connectivity index (χ0n) is 13.1. The maximum absolute atomic E-state index is 10.9. The third-order valence-electron chi connectivity index (χ3n) is 4.97. The summed E-state index contributed by atoms with van der Waals surface area (Å²) in [5.74, 6) is 1.60. The standard InChI is InChI=1S/C17H27NO2/c1-13-9-11-17(12-10-13,18(2)3)16(19)14-5-7-15(20-4)8-6-14/h5-8,13,16,19H,9-12H2,1-4H3. The zero-order chi connectivity index (χ0) is 14.8. The van der Waals surface area contributed by atoms with Crippen molar-refractivity contribution in [2.24, 2.45) is 5.92 Å². The zero-order valence-corrected chi connectivity index (χ0v) is 13.1. The molecule has 1 unspecified atom stereocenters. The fraction of sp³-hybridized carbons (Fsp3) is 0.647. The van der Waals surface area contributed by atoms with Crippen LogP contribution in [0.1, 0.15) is 44.3 Å². The number of hydrogen-bond acceptors (Lipinski definition) is 3. The molecule has 0 aliphatic heterocycles. The number of benzene rings is 1. The molecule has 1 aromatic rings. The SMILES string of the molecule is COc1ccc(C(O)C2(N(C)C)CCC(C)CC2)cc1. The largest absolute Gasteiger partial charge is 0.497 e. The first kappa shape index (κ1) is 15.3. The lowest BCUT2D eigenvalue weighted by atomic mass is 9.71. The number of likely N-dealkylation sites (N-methyl/N-ethyl adjacent to an activating group) is 1. The Balaban J connectivity index is 2.24. The second-order valence-electron chi connectivity index (χ2n) is 6.36. The Hall–Kier alpha value is -1.06. The number of aliphatic hydroxyl groups excluding tert-OH is 1. The first-order chi connectivity index (χ1) is 9.49. The fourth-order valence-electron chi connectivity index (χ4n) is 3.32. The minimum atomic E-state index is -0.448. The minimum Gasteiger partial charge on any atom is -0.497 e. The molecule has 1 aliphatic carbocycles. The average molecular weight is 277 g/mol. The second kappa shape index (κ2) is 6.15. The Morgan fingerprint density at radius 2 is 1.75 bits per heavy atom. The molecule has 112 valence electrons. The molecular weight excluding hydrogens is 250 g/mol. The van der Waals surface area contributed by atoms with Crippen molar-refractivity contribution in [2.45, 2.75) is 44.2 Å². The third-order valence-corrected chi connectivity index (χ3v) is 4.97. The monoisotopic (exact) mass is 277 g/mol. The number of aliphatic hydroxyl groups is 1. The Morgan fingerprint density at radius 1 is 1.20 bits per heavy atom. The van der Waals surface area contributed by atoms with E-state index in [4.69, 9.17) is 4.74 Å². The average Bonchev–Trinajstić information content (AvgIpc) is 2.47. The van der Waals surface area contributed by atoms with Gasteiger partial charge in [0.2, 0.25) is 0 Å². The minimum absolute atomic E-state index is 0.138. The first-order valence-electron chi connectivity index (χ1n) is 7.49. The van der Waals surface area contributed by atoms with Crippen molar-refractivity contribution in [3.8, 4) is 5.75 Å². The molecule has 0 amide bonds. The van der Waals surface area contributed by atoms with Crippen LogP contribution in [0, 0.1) is 5.92 Å². The van der Waals surface area contributed by atoms with Gasteiger partial charge in [0.15, 0.2) is 0 Å². The van der Waals surface area contributed by atoms with E-state index in [9.17, 15) is 5.11 Å². The molecule has 2 rings (SSSR count). The third kappa shape index (κ3) is 2.84. The molecule has 0 heterocycles. The van der Waals surface area contributed by atoms with Gasteiger partial charge in [-0.25, -0.2) is 0 Å². The van der Waals surface area contributed by atoms with Crippen molar-refractivity contribution in [1.82, 2.24) is 4.90 Å². The van der Waals surface area contributed by atoms with Crippen molar-refractivity contribution in [3.05, 3.63) is 29.8 Å². The van der Waals surface area contributed by atoms with Gasteiger partial charge in [-0.2, -0.15) is 0 Å². The molecule has 1 N–H and O–H groups in total. The van der Waals surface area contributed by atoms with E-state index in [0.29, 0.717) is 0 Å². The molecule has 1 atom stereocenters. The van der Waals surface area contributed by atoms with E-state index >= 15 is 0 Å². The molecule has 3 heteroatoms. The predicted octanol–water partition coefficient (Wildman–Crippen LogP) is 3.24. The van der Waals surface area contributed by atoms with E-state index < -0.39 is 6.10 Å². The number of nitrogens with zero attached hydrogens (tertiary/aromatic N) is 1. The number of ether oxygens (including phenoxy) is 1. The van der Waals surface area contributed by atoms with Gasteiger partial charge in [-0.05, 0) is 63.4 Å². The molecule has 1 aromatic carbocycles. The molecule has 0 saturated heterocycles. The summed E-state index contributed by atoms with van der Waals surface area (Å²) in [4.78, 5) is 2.22. The van der Waals surface area contributed by atoms with Crippen LogP contribution in [0.5, 0.6) is 5.75 Å². The van der Waals surface area contributed by atoms with Gasteiger partial charge in [0.25, 0.3) is 0 Å². The van der Waals surface area contributed by atoms with E-state index in [1.165, 1.54) is 12.8 Å². The summed E-state index contributed by atoms with van der Waals surface area (Å²) in [5, 5.41) is 10.9. The quantitative estimate of drug-likeness (QED) is 0.917. The summed E-state index contributed by atoms with van der Waals surface area (Å²) < 4.78 is 5.19. The summed E-state index contributed by atoms with van der Waals surface area (Å²) in [5.41, 5.74) is 0.843. The Labute approximate surface area is 122 Å². The Kier molecular flexibility index (Phi) is 4.71. The molecule has 1 saturated carbocycles. The van der Waals surface area contributed by atoms with Gasteiger partial charge in [-0.15, -0.1) is 0 Å². The number of hydrogen-bond donors (Lipinski definition) is 1. The van der Waals surface area contributed by atoms with E-state index in [-0.39, 0.29) is 5.54 Å². The van der Waals surface area contributed by atoms with Crippen molar-refractivity contribution < 1.29 is 9.84 Å². The first-order valence-corrected chi connectivity index (χ1v) is 7.49. The predicted molar refractivity (Wildman–Crippen MR) is 82.0 cm³/mol. The van der Waals surface area contributed by atoms with Crippen LogP contribution in [0.15, 0.2) is 24.3 Å². The summed E-state index contributed by atoms with van der Waals surface area (Å²) in [6.45, 7) is 2.30. The Bertz CT molecular complexity index is 419. The number of rotatable bonds is 4. The smallest absolute Gasteiger partial charge is 0.118 e. The van der Waals surface area contributed by atoms with Crippen molar-refractivity contribution >= 4 is 0 Å². The van der Waals surface area contributed by atoms with Crippen LogP contribution < -0.4 is 4.74 Å². The Morgan fingerprint density at radius 3 is 2.20 bits per heavy atom. The summed E-state index contributed by atoms with van der Waals surface area (Å²) >= 11 is 0. The van der Waals surface area contributed by atoms with Crippen molar-refractivity contribution in [3.63, 3.8) is 0 Å². The van der Waals surface area contributed by atoms with Crippen molar-refractivity contribution in [2.75, 3.05) is 21.2 Å². The molecule has 0 bridgehead atoms. The van der Waals surface area contributed by atoms with E-state index in [2.05, 4.69) is 25.9 Å². The van der Waals surface area contributed by atoms with E-state index in [1.54, 1.807) is 7.11 Å². The van der Waals surface area contributed by atoms with Crippen LogP contribution in [0.2, 0.25) is 0 Å². The maximum atomic E-state index is 10.9. The lowest BCUT2D eigenvalue weighted by molar-refractivity contribution is -0.0408. The number of methoxy groups -OCH3 is 1. The molecule has 20 heavy (non-hydrogen) atoms. The van der Waals surface area contributed by atoms with Crippen LogP contribution in [0.25, 0.3) is 0 Å². The van der Waals surface area contributed by atoms with E-state index in [0.717, 1.165) is 30.1 Å². The van der Waals surface area contributed by atoms with Crippen LogP contribution in [-0.4, -0.2) is 36.8 Å². The van der Waals surface area contributed by atoms with Gasteiger partial charge < -0.3 is 14.7 Å². The summed E-state index contributed by atoms with van der Waals surface area (Å²) in [7, 11) is 5.83. The summed E-state index contributed by atoms with van der Waals surface area (Å²) in [6, 6.07) is 7.81. The lowest BCUT2D eigenvalue weighted by Crippen LogP contribution is -2.51. The molecule has 1 aliphatic rings. The highest BCUT2D eigenvalue weighted by atomic mass is 16.5. The van der Waals surface area contributed by atoms with Gasteiger partial charge in [0.05, 0.1) is 18.8 Å². The van der Waals surface area contributed by atoms with E-state index in [1.807, 2.05) is 24.3 Å². The van der Waals surface area contributed by atoms with Crippen molar-refractivity contribution in [1.29, 1.82) is 0 Å². The molecular formula is C17H27NO2. The van der Waals surface area contributed by atoms with Gasteiger partial charge in [-0.1, -0.05) is 19.1 Å². The van der Waals surface area contributed by atoms with Crippen LogP contribution in [0.3, 0.4) is 0 Å². The van der Waals surface area contributed by atoms with Gasteiger partial charge in [0.1, 0.15) is 5.75 Å². The molecule has 0 radical (unpaired) electrons.